The predicted molar refractivity (Wildman–Crippen MR) is 107 cm³/mol. The summed E-state index contributed by atoms with van der Waals surface area (Å²) in [6, 6.07) is 7.50. The van der Waals surface area contributed by atoms with Crippen molar-refractivity contribution < 1.29 is 18.8 Å². The lowest BCUT2D eigenvalue weighted by atomic mass is 9.48. The number of carbonyl (C=O) groups excluding carboxylic acids is 2. The monoisotopic (exact) mass is 396 g/mol. The molecule has 4 fully saturated rings. The molecule has 1 atom stereocenters. The van der Waals surface area contributed by atoms with Gasteiger partial charge < -0.3 is 14.6 Å². The summed E-state index contributed by atoms with van der Waals surface area (Å²) in [4.78, 5) is 24.6. The van der Waals surface area contributed by atoms with Gasteiger partial charge >= 0.3 is 5.97 Å². The molecule has 1 heterocycles. The Bertz CT molecular complexity index is 899. The molecule has 4 aliphatic carbocycles. The van der Waals surface area contributed by atoms with Crippen molar-refractivity contribution in [2.45, 2.75) is 57.9 Å². The molecule has 0 spiro atoms. The molecule has 4 aliphatic rings. The molecule has 6 rings (SSSR count). The van der Waals surface area contributed by atoms with E-state index >= 15 is 0 Å². The lowest BCUT2D eigenvalue weighted by Crippen LogP contribution is -2.56. The number of rotatable bonds is 6. The fourth-order valence-corrected chi connectivity index (χ4v) is 6.54. The Morgan fingerprint density at radius 2 is 1.83 bits per heavy atom. The molecule has 2 aromatic rings. The Morgan fingerprint density at radius 1 is 1.17 bits per heavy atom. The Kier molecular flexibility index (Phi) is 4.60. The number of para-hydroxylation sites is 1. The fourth-order valence-electron chi connectivity index (χ4n) is 6.54. The highest BCUT2D eigenvalue weighted by Gasteiger charge is 2.53. The van der Waals surface area contributed by atoms with E-state index < -0.39 is 5.97 Å². The van der Waals surface area contributed by atoms with Crippen LogP contribution in [0, 0.1) is 23.2 Å². The second kappa shape index (κ2) is 7.15. The van der Waals surface area contributed by atoms with Crippen molar-refractivity contribution in [3.63, 3.8) is 0 Å². The second-order valence-electron chi connectivity index (χ2n) is 9.53. The molecular formula is C23H28N2O4. The van der Waals surface area contributed by atoms with Crippen LogP contribution in [-0.2, 0) is 20.7 Å². The average molecular weight is 396 g/mol. The van der Waals surface area contributed by atoms with E-state index in [4.69, 9.17) is 9.26 Å². The highest BCUT2D eigenvalue weighted by Crippen LogP contribution is 2.61. The van der Waals surface area contributed by atoms with Gasteiger partial charge in [-0.1, -0.05) is 17.3 Å². The summed E-state index contributed by atoms with van der Waals surface area (Å²) in [5, 5.41) is 7.87. The summed E-state index contributed by atoms with van der Waals surface area (Å²) in [6.07, 6.45) is 7.85. The molecule has 0 aliphatic heterocycles. The third-order valence-electron chi connectivity index (χ3n) is 7.51. The Hall–Kier alpha value is -2.37. The number of benzene rings is 1. The van der Waals surface area contributed by atoms with Gasteiger partial charge in [0.15, 0.2) is 12.2 Å². The maximum atomic E-state index is 12.4. The van der Waals surface area contributed by atoms with Crippen LogP contribution in [0.4, 0.5) is 0 Å². The standard InChI is InChI=1S/C23H28N2O4/c1-14(23-10-15-6-16(11-23)8-17(7-15)12-23)24-21(26)13-28-22(27)9-19-18-4-2-3-5-20(18)29-25-19/h2-5,14-17H,6-13H2,1H3,(H,24,26)/t14-,15?,16?,17?,23?/m0/s1. The minimum absolute atomic E-state index is 0.00513. The Morgan fingerprint density at radius 3 is 2.52 bits per heavy atom. The van der Waals surface area contributed by atoms with Crippen LogP contribution >= 0.6 is 0 Å². The van der Waals surface area contributed by atoms with E-state index in [0.717, 1.165) is 23.1 Å². The minimum Gasteiger partial charge on any atom is -0.455 e. The van der Waals surface area contributed by atoms with Crippen LogP contribution in [0.25, 0.3) is 11.0 Å². The van der Waals surface area contributed by atoms with Gasteiger partial charge in [-0.15, -0.1) is 0 Å². The smallest absolute Gasteiger partial charge is 0.312 e. The summed E-state index contributed by atoms with van der Waals surface area (Å²) >= 11 is 0. The summed E-state index contributed by atoms with van der Waals surface area (Å²) in [5.41, 5.74) is 1.42. The third kappa shape index (κ3) is 3.53. The van der Waals surface area contributed by atoms with Gasteiger partial charge in [0.25, 0.3) is 5.91 Å². The molecule has 0 saturated heterocycles. The third-order valence-corrected chi connectivity index (χ3v) is 7.51. The molecule has 6 heteroatoms. The number of carbonyl (C=O) groups is 2. The van der Waals surface area contributed by atoms with Crippen molar-refractivity contribution in [1.29, 1.82) is 0 Å². The van der Waals surface area contributed by atoms with E-state index in [9.17, 15) is 9.59 Å². The van der Waals surface area contributed by atoms with E-state index in [1.165, 1.54) is 38.5 Å². The van der Waals surface area contributed by atoms with Crippen molar-refractivity contribution in [1.82, 2.24) is 10.5 Å². The van der Waals surface area contributed by atoms with Gasteiger partial charge in [0.1, 0.15) is 5.69 Å². The Balaban J connectivity index is 1.14. The molecule has 29 heavy (non-hydrogen) atoms. The van der Waals surface area contributed by atoms with Crippen LogP contribution in [0.2, 0.25) is 0 Å². The summed E-state index contributed by atoms with van der Waals surface area (Å²) in [6.45, 7) is 1.89. The first-order valence-electron chi connectivity index (χ1n) is 10.8. The van der Waals surface area contributed by atoms with E-state index in [0.29, 0.717) is 11.3 Å². The number of hydrogen-bond donors (Lipinski definition) is 1. The van der Waals surface area contributed by atoms with Crippen molar-refractivity contribution in [3.05, 3.63) is 30.0 Å². The summed E-state index contributed by atoms with van der Waals surface area (Å²) in [7, 11) is 0. The number of nitrogens with zero attached hydrogens (tertiary/aromatic N) is 1. The zero-order chi connectivity index (χ0) is 20.0. The first-order valence-corrected chi connectivity index (χ1v) is 10.8. The highest BCUT2D eigenvalue weighted by atomic mass is 16.5. The van der Waals surface area contributed by atoms with Crippen molar-refractivity contribution in [2.75, 3.05) is 6.61 Å². The largest absolute Gasteiger partial charge is 0.455 e. The van der Waals surface area contributed by atoms with Crippen molar-refractivity contribution in [3.8, 4) is 0 Å². The lowest BCUT2D eigenvalue weighted by Gasteiger charge is -2.59. The molecule has 6 nitrogen and oxygen atoms in total. The van der Waals surface area contributed by atoms with Crippen LogP contribution in [0.15, 0.2) is 28.8 Å². The first-order chi connectivity index (χ1) is 14.0. The van der Waals surface area contributed by atoms with Crippen molar-refractivity contribution in [2.24, 2.45) is 23.2 Å². The number of amides is 1. The minimum atomic E-state index is -0.471. The summed E-state index contributed by atoms with van der Waals surface area (Å²) < 4.78 is 10.4. The van der Waals surface area contributed by atoms with Gasteiger partial charge in [-0.2, -0.15) is 0 Å². The van der Waals surface area contributed by atoms with E-state index in [1.54, 1.807) is 6.07 Å². The van der Waals surface area contributed by atoms with Gasteiger partial charge in [0.2, 0.25) is 0 Å². The van der Waals surface area contributed by atoms with Crippen molar-refractivity contribution >= 4 is 22.8 Å². The maximum Gasteiger partial charge on any atom is 0.312 e. The molecule has 4 saturated carbocycles. The molecule has 1 aromatic heterocycles. The number of esters is 1. The molecule has 154 valence electrons. The number of hydrogen-bond acceptors (Lipinski definition) is 5. The van der Waals surface area contributed by atoms with Crippen LogP contribution in [0.1, 0.15) is 51.1 Å². The summed E-state index contributed by atoms with van der Waals surface area (Å²) in [5.74, 6) is 1.84. The Labute approximate surface area is 170 Å². The maximum absolute atomic E-state index is 12.4. The quantitative estimate of drug-likeness (QED) is 0.754. The van der Waals surface area contributed by atoms with E-state index in [-0.39, 0.29) is 30.4 Å². The van der Waals surface area contributed by atoms with Gasteiger partial charge in [-0.25, -0.2) is 0 Å². The lowest BCUT2D eigenvalue weighted by molar-refractivity contribution is -0.149. The number of ether oxygens (including phenoxy) is 1. The fraction of sp³-hybridized carbons (Fsp3) is 0.609. The molecule has 1 amide bonds. The zero-order valence-electron chi connectivity index (χ0n) is 16.9. The first kappa shape index (κ1) is 18.6. The number of fused-ring (bicyclic) bond motifs is 1. The van der Waals surface area contributed by atoms with E-state index in [2.05, 4.69) is 17.4 Å². The SMILES string of the molecule is C[C@H](NC(=O)COC(=O)Cc1noc2ccccc12)C12CC3CC(CC(C3)C1)C2. The molecule has 4 bridgehead atoms. The molecular weight excluding hydrogens is 368 g/mol. The predicted octanol–water partition coefficient (Wildman–Crippen LogP) is 3.63. The van der Waals surface area contributed by atoms with Gasteiger partial charge in [-0.3, -0.25) is 9.59 Å². The molecule has 0 unspecified atom stereocenters. The van der Waals surface area contributed by atoms with Crippen LogP contribution in [0.3, 0.4) is 0 Å². The number of aromatic nitrogens is 1. The zero-order valence-corrected chi connectivity index (χ0v) is 16.9. The molecule has 1 N–H and O–H groups in total. The van der Waals surface area contributed by atoms with Gasteiger partial charge in [-0.05, 0) is 80.8 Å². The van der Waals surface area contributed by atoms with E-state index in [1.807, 2.05) is 18.2 Å². The number of nitrogens with one attached hydrogen (secondary N) is 1. The topological polar surface area (TPSA) is 81.4 Å². The van der Waals surface area contributed by atoms with Gasteiger partial charge in [0, 0.05) is 11.4 Å². The average Bonchev–Trinajstić information content (AvgIpc) is 3.08. The van der Waals surface area contributed by atoms with Crippen LogP contribution in [0.5, 0.6) is 0 Å². The van der Waals surface area contributed by atoms with Gasteiger partial charge in [0.05, 0.1) is 6.42 Å². The van der Waals surface area contributed by atoms with Crippen LogP contribution < -0.4 is 5.32 Å². The normalized spacial score (nSPS) is 31.0. The highest BCUT2D eigenvalue weighted by molar-refractivity contribution is 5.85. The molecule has 0 radical (unpaired) electrons. The second-order valence-corrected chi connectivity index (χ2v) is 9.53. The van der Waals surface area contributed by atoms with Crippen LogP contribution in [-0.4, -0.2) is 29.7 Å². The molecule has 1 aromatic carbocycles.